The monoisotopic (exact) mass is 340 g/mol. The molecule has 0 unspecified atom stereocenters. The zero-order valence-electron chi connectivity index (χ0n) is 14.3. The summed E-state index contributed by atoms with van der Waals surface area (Å²) in [7, 11) is 0. The van der Waals surface area contributed by atoms with Crippen molar-refractivity contribution in [1.29, 1.82) is 0 Å². The van der Waals surface area contributed by atoms with E-state index in [-0.39, 0.29) is 17.6 Å². The minimum absolute atomic E-state index is 0.0888. The zero-order valence-corrected chi connectivity index (χ0v) is 14.3. The molecule has 1 aliphatic heterocycles. The number of hydrogen-bond donors (Lipinski definition) is 2. The molecule has 0 aromatic carbocycles. The maximum absolute atomic E-state index is 12.6. The Labute approximate surface area is 147 Å². The summed E-state index contributed by atoms with van der Waals surface area (Å²) in [6.45, 7) is 0.557. The fourth-order valence-corrected chi connectivity index (χ4v) is 4.10. The molecule has 2 fully saturated rings. The number of H-pyrrole nitrogens is 1. The Hall–Kier alpha value is -2.21. The molecule has 2 aromatic rings. The van der Waals surface area contributed by atoms with Crippen LogP contribution in [0.2, 0.25) is 0 Å². The Morgan fingerprint density at radius 1 is 1.24 bits per heavy atom. The molecule has 2 aromatic heterocycles. The fourth-order valence-electron chi connectivity index (χ4n) is 4.10. The van der Waals surface area contributed by atoms with Crippen LogP contribution in [0.3, 0.4) is 0 Å². The Kier molecular flexibility index (Phi) is 4.53. The summed E-state index contributed by atoms with van der Waals surface area (Å²) in [5, 5.41) is 9.96. The quantitative estimate of drug-likeness (QED) is 0.896. The van der Waals surface area contributed by atoms with E-state index < -0.39 is 0 Å². The number of aromatic nitrogens is 3. The third-order valence-corrected chi connectivity index (χ3v) is 5.45. The van der Waals surface area contributed by atoms with Crippen LogP contribution in [0.25, 0.3) is 11.3 Å². The topological polar surface area (TPSA) is 79.9 Å². The molecule has 6 nitrogen and oxygen atoms in total. The number of hydrogen-bond acceptors (Lipinski definition) is 4. The van der Waals surface area contributed by atoms with E-state index in [1.165, 1.54) is 32.1 Å². The molecule has 1 saturated heterocycles. The Morgan fingerprint density at radius 3 is 2.84 bits per heavy atom. The molecule has 1 aliphatic carbocycles. The lowest BCUT2D eigenvalue weighted by molar-refractivity contribution is -0.0618. The van der Waals surface area contributed by atoms with Gasteiger partial charge in [-0.2, -0.15) is 5.10 Å². The van der Waals surface area contributed by atoms with E-state index in [4.69, 9.17) is 4.74 Å². The second kappa shape index (κ2) is 6.96. The van der Waals surface area contributed by atoms with Gasteiger partial charge in [-0.05, 0) is 37.8 Å². The molecule has 0 bridgehead atoms. The molecule has 0 radical (unpaired) electrons. The number of amides is 1. The highest BCUT2D eigenvalue weighted by Crippen LogP contribution is 2.41. The number of nitrogens with one attached hydrogen (secondary N) is 2. The van der Waals surface area contributed by atoms with Crippen molar-refractivity contribution in [3.05, 3.63) is 36.3 Å². The van der Waals surface area contributed by atoms with Gasteiger partial charge in [0.2, 0.25) is 0 Å². The van der Waals surface area contributed by atoms with Crippen LogP contribution < -0.4 is 5.32 Å². The fraction of sp³-hybridized carbons (Fsp3) is 0.526. The van der Waals surface area contributed by atoms with E-state index in [1.807, 2.05) is 12.1 Å². The minimum Gasteiger partial charge on any atom is -0.370 e. The average molecular weight is 340 g/mol. The largest absolute Gasteiger partial charge is 0.370 e. The summed E-state index contributed by atoms with van der Waals surface area (Å²) in [4.78, 5) is 16.6. The molecule has 2 aliphatic rings. The van der Waals surface area contributed by atoms with Crippen molar-refractivity contribution in [1.82, 2.24) is 20.5 Å². The van der Waals surface area contributed by atoms with Crippen LogP contribution in [0, 0.1) is 0 Å². The van der Waals surface area contributed by atoms with Gasteiger partial charge >= 0.3 is 0 Å². The molecule has 2 N–H and O–H groups in total. The molecule has 1 atom stereocenters. The first kappa shape index (κ1) is 16.3. The van der Waals surface area contributed by atoms with Gasteiger partial charge < -0.3 is 10.1 Å². The molecule has 3 heterocycles. The highest BCUT2D eigenvalue weighted by atomic mass is 16.5. The molecule has 1 saturated carbocycles. The lowest BCUT2D eigenvalue weighted by Gasteiger charge is -2.33. The summed E-state index contributed by atoms with van der Waals surface area (Å²) in [6.07, 6.45) is 13.5. The van der Waals surface area contributed by atoms with Gasteiger partial charge in [0.15, 0.2) is 0 Å². The minimum atomic E-state index is -0.117. The number of pyridine rings is 1. The molecular formula is C19H24N4O2. The van der Waals surface area contributed by atoms with Crippen LogP contribution in [0.15, 0.2) is 30.7 Å². The van der Waals surface area contributed by atoms with Crippen LogP contribution in [0.5, 0.6) is 0 Å². The number of carbonyl (C=O) groups is 1. The van der Waals surface area contributed by atoms with E-state index in [2.05, 4.69) is 20.5 Å². The van der Waals surface area contributed by atoms with Crippen LogP contribution in [-0.4, -0.2) is 39.3 Å². The Balaban J connectivity index is 1.37. The highest BCUT2D eigenvalue weighted by Gasteiger charge is 2.40. The predicted molar refractivity (Wildman–Crippen MR) is 94.1 cm³/mol. The molecule has 1 spiro atoms. The third kappa shape index (κ3) is 3.44. The zero-order chi connectivity index (χ0) is 17.1. The summed E-state index contributed by atoms with van der Waals surface area (Å²) in [5.74, 6) is -0.117. The van der Waals surface area contributed by atoms with E-state index in [0.29, 0.717) is 12.1 Å². The van der Waals surface area contributed by atoms with Crippen molar-refractivity contribution in [2.45, 2.75) is 56.7 Å². The lowest BCUT2D eigenvalue weighted by atomic mass is 9.83. The smallest absolute Gasteiger partial charge is 0.255 e. The normalized spacial score (nSPS) is 22.2. The van der Waals surface area contributed by atoms with Gasteiger partial charge in [0.25, 0.3) is 5.91 Å². The van der Waals surface area contributed by atoms with Crippen molar-refractivity contribution in [2.75, 3.05) is 6.54 Å². The van der Waals surface area contributed by atoms with E-state index >= 15 is 0 Å². The van der Waals surface area contributed by atoms with E-state index in [1.54, 1.807) is 18.6 Å². The third-order valence-electron chi connectivity index (χ3n) is 5.45. The van der Waals surface area contributed by atoms with Crippen molar-refractivity contribution >= 4 is 5.91 Å². The Bertz CT molecular complexity index is 722. The van der Waals surface area contributed by atoms with Crippen molar-refractivity contribution in [3.8, 4) is 11.3 Å². The van der Waals surface area contributed by atoms with Gasteiger partial charge in [-0.1, -0.05) is 19.3 Å². The number of nitrogens with zero attached hydrogens (tertiary/aromatic N) is 2. The summed E-state index contributed by atoms with van der Waals surface area (Å²) in [6, 6.07) is 3.72. The Morgan fingerprint density at radius 2 is 2.04 bits per heavy atom. The first-order valence-electron chi connectivity index (χ1n) is 9.16. The summed E-state index contributed by atoms with van der Waals surface area (Å²) >= 11 is 0. The van der Waals surface area contributed by atoms with Crippen molar-refractivity contribution in [3.63, 3.8) is 0 Å². The molecular weight excluding hydrogens is 316 g/mol. The van der Waals surface area contributed by atoms with Gasteiger partial charge in [0.1, 0.15) is 0 Å². The first-order valence-corrected chi connectivity index (χ1v) is 9.16. The van der Waals surface area contributed by atoms with Crippen LogP contribution >= 0.6 is 0 Å². The van der Waals surface area contributed by atoms with Crippen molar-refractivity contribution < 1.29 is 9.53 Å². The van der Waals surface area contributed by atoms with Crippen LogP contribution in [0.4, 0.5) is 0 Å². The highest BCUT2D eigenvalue weighted by molar-refractivity contribution is 5.99. The predicted octanol–water partition coefficient (Wildman–Crippen LogP) is 3.08. The van der Waals surface area contributed by atoms with Gasteiger partial charge in [0.05, 0.1) is 29.2 Å². The standard InChI is InChI=1S/C19H24N4O2/c24-18(16-13-22-23-17(16)14-5-10-20-11-6-14)21-12-15-4-9-19(25-15)7-2-1-3-8-19/h5-6,10-11,13,15H,1-4,7-9,12H2,(H,21,24)(H,22,23)/t15-/m1/s1. The maximum atomic E-state index is 12.6. The molecule has 25 heavy (non-hydrogen) atoms. The maximum Gasteiger partial charge on any atom is 0.255 e. The van der Waals surface area contributed by atoms with Crippen molar-refractivity contribution in [2.24, 2.45) is 0 Å². The molecule has 1 amide bonds. The van der Waals surface area contributed by atoms with E-state index in [0.717, 1.165) is 24.1 Å². The molecule has 132 valence electrons. The van der Waals surface area contributed by atoms with Gasteiger partial charge in [-0.15, -0.1) is 0 Å². The van der Waals surface area contributed by atoms with Crippen LogP contribution in [0.1, 0.15) is 55.3 Å². The average Bonchev–Trinajstić information content (AvgIpc) is 3.29. The second-order valence-corrected chi connectivity index (χ2v) is 7.13. The van der Waals surface area contributed by atoms with Gasteiger partial charge in [-0.3, -0.25) is 14.9 Å². The first-order chi connectivity index (χ1) is 12.3. The van der Waals surface area contributed by atoms with E-state index in [9.17, 15) is 4.79 Å². The number of carbonyl (C=O) groups excluding carboxylic acids is 1. The van der Waals surface area contributed by atoms with Crippen LogP contribution in [-0.2, 0) is 4.74 Å². The summed E-state index contributed by atoms with van der Waals surface area (Å²) in [5.41, 5.74) is 2.26. The lowest BCUT2D eigenvalue weighted by Crippen LogP contribution is -2.36. The number of ether oxygens (including phenoxy) is 1. The van der Waals surface area contributed by atoms with Gasteiger partial charge in [0, 0.05) is 24.5 Å². The second-order valence-electron chi connectivity index (χ2n) is 7.13. The number of aromatic amines is 1. The molecule has 6 heteroatoms. The SMILES string of the molecule is O=C(NC[C@H]1CCC2(CCCCC2)O1)c1cn[nH]c1-c1ccncc1. The molecule has 4 rings (SSSR count). The summed E-state index contributed by atoms with van der Waals surface area (Å²) < 4.78 is 6.33. The number of rotatable bonds is 4. The van der Waals surface area contributed by atoms with Gasteiger partial charge in [-0.25, -0.2) is 0 Å².